The predicted octanol–water partition coefficient (Wildman–Crippen LogP) is 4.98. The predicted molar refractivity (Wildman–Crippen MR) is 124 cm³/mol. The first-order valence-electron chi connectivity index (χ1n) is 10.4. The van der Waals surface area contributed by atoms with Crippen molar-refractivity contribution in [2.75, 3.05) is 14.2 Å². The van der Waals surface area contributed by atoms with E-state index in [9.17, 15) is 4.79 Å². The monoisotopic (exact) mass is 413 g/mol. The molecule has 1 aromatic heterocycles. The summed E-state index contributed by atoms with van der Waals surface area (Å²) in [6.07, 6.45) is 0. The van der Waals surface area contributed by atoms with E-state index in [1.54, 1.807) is 12.0 Å². The molecule has 0 bridgehead atoms. The van der Waals surface area contributed by atoms with Crippen LogP contribution < -0.4 is 4.74 Å². The fraction of sp³-hybridized carbons (Fsp3) is 0.231. The number of carbonyl (C=O) groups excluding carboxylic acids is 1. The van der Waals surface area contributed by atoms with Crippen molar-refractivity contribution in [2.24, 2.45) is 0 Å². The van der Waals surface area contributed by atoms with Crippen LogP contribution in [0.2, 0.25) is 0 Å². The Bertz CT molecular complexity index is 1230. The molecule has 4 rings (SSSR count). The number of aromatic nitrogens is 2. The molecule has 0 atom stereocenters. The number of rotatable bonds is 6. The molecule has 0 saturated carbocycles. The number of benzene rings is 3. The van der Waals surface area contributed by atoms with Gasteiger partial charge in [0.15, 0.2) is 0 Å². The molecule has 0 aliphatic rings. The van der Waals surface area contributed by atoms with Crippen LogP contribution in [0, 0.1) is 13.8 Å². The molecule has 0 unspecified atom stereocenters. The maximum Gasteiger partial charge on any atom is 0.257 e. The molecule has 0 radical (unpaired) electrons. The summed E-state index contributed by atoms with van der Waals surface area (Å²) >= 11 is 0. The van der Waals surface area contributed by atoms with Gasteiger partial charge in [-0.05, 0) is 53.9 Å². The van der Waals surface area contributed by atoms with Gasteiger partial charge in [-0.2, -0.15) is 5.10 Å². The van der Waals surface area contributed by atoms with Crippen molar-refractivity contribution in [1.29, 1.82) is 0 Å². The number of ether oxygens (including phenoxy) is 1. The van der Waals surface area contributed by atoms with Crippen molar-refractivity contribution in [3.63, 3.8) is 0 Å². The summed E-state index contributed by atoms with van der Waals surface area (Å²) in [6.45, 7) is 5.05. The Morgan fingerprint density at radius 3 is 2.42 bits per heavy atom. The van der Waals surface area contributed by atoms with Crippen molar-refractivity contribution in [1.82, 2.24) is 14.7 Å². The Kier molecular flexibility index (Phi) is 5.76. The molecule has 5 nitrogen and oxygen atoms in total. The Labute approximate surface area is 182 Å². The highest BCUT2D eigenvalue weighted by Crippen LogP contribution is 2.23. The summed E-state index contributed by atoms with van der Waals surface area (Å²) in [5, 5.41) is 6.87. The Hall–Kier alpha value is -3.60. The molecular weight excluding hydrogens is 386 g/mol. The van der Waals surface area contributed by atoms with E-state index in [2.05, 4.69) is 35.4 Å². The van der Waals surface area contributed by atoms with Crippen LogP contribution in [0.25, 0.3) is 10.8 Å². The largest absolute Gasteiger partial charge is 0.497 e. The summed E-state index contributed by atoms with van der Waals surface area (Å²) < 4.78 is 7.21. The number of aryl methyl sites for hydroxylation is 1. The van der Waals surface area contributed by atoms with Crippen LogP contribution in [0.4, 0.5) is 0 Å². The maximum absolute atomic E-state index is 13.3. The molecule has 0 aliphatic carbocycles. The summed E-state index contributed by atoms with van der Waals surface area (Å²) in [6, 6.07) is 22.4. The van der Waals surface area contributed by atoms with Gasteiger partial charge < -0.3 is 9.64 Å². The topological polar surface area (TPSA) is 47.4 Å². The second kappa shape index (κ2) is 8.64. The van der Waals surface area contributed by atoms with Crippen LogP contribution in [-0.2, 0) is 13.1 Å². The minimum atomic E-state index is -0.0101. The molecule has 1 heterocycles. The Morgan fingerprint density at radius 1 is 0.968 bits per heavy atom. The average Bonchev–Trinajstić information content (AvgIpc) is 3.06. The highest BCUT2D eigenvalue weighted by Gasteiger charge is 2.22. The van der Waals surface area contributed by atoms with Gasteiger partial charge in [0.1, 0.15) is 5.75 Å². The molecule has 0 spiro atoms. The zero-order valence-corrected chi connectivity index (χ0v) is 18.4. The third-order valence-electron chi connectivity index (χ3n) is 5.65. The molecule has 4 aromatic rings. The fourth-order valence-electron chi connectivity index (χ4n) is 3.95. The van der Waals surface area contributed by atoms with Gasteiger partial charge in [0.05, 0.1) is 24.9 Å². The zero-order valence-electron chi connectivity index (χ0n) is 18.4. The van der Waals surface area contributed by atoms with E-state index in [-0.39, 0.29) is 5.91 Å². The number of methoxy groups -OCH3 is 1. The van der Waals surface area contributed by atoms with Gasteiger partial charge in [-0.25, -0.2) is 0 Å². The molecular formula is C26H27N3O2. The van der Waals surface area contributed by atoms with Crippen LogP contribution in [-0.4, -0.2) is 34.7 Å². The number of amides is 1. The zero-order chi connectivity index (χ0) is 22.0. The van der Waals surface area contributed by atoms with Gasteiger partial charge in [0.2, 0.25) is 0 Å². The first-order valence-corrected chi connectivity index (χ1v) is 10.4. The maximum atomic E-state index is 13.3. The summed E-state index contributed by atoms with van der Waals surface area (Å²) in [5.74, 6) is 0.829. The number of hydrogen-bond donors (Lipinski definition) is 0. The molecule has 5 heteroatoms. The minimum Gasteiger partial charge on any atom is -0.497 e. The third kappa shape index (κ3) is 4.31. The van der Waals surface area contributed by atoms with Gasteiger partial charge in [-0.3, -0.25) is 9.48 Å². The van der Waals surface area contributed by atoms with E-state index < -0.39 is 0 Å². The smallest absolute Gasteiger partial charge is 0.257 e. The van der Waals surface area contributed by atoms with Gasteiger partial charge in [-0.15, -0.1) is 0 Å². The number of fused-ring (bicyclic) bond motifs is 1. The fourth-order valence-corrected chi connectivity index (χ4v) is 3.95. The number of hydrogen-bond acceptors (Lipinski definition) is 3. The average molecular weight is 414 g/mol. The lowest BCUT2D eigenvalue weighted by Gasteiger charge is -2.18. The Balaban J connectivity index is 1.53. The van der Waals surface area contributed by atoms with Gasteiger partial charge in [0.25, 0.3) is 5.91 Å². The summed E-state index contributed by atoms with van der Waals surface area (Å²) in [4.78, 5) is 15.0. The molecule has 0 saturated heterocycles. The van der Waals surface area contributed by atoms with E-state index in [0.29, 0.717) is 18.7 Å². The van der Waals surface area contributed by atoms with E-state index in [0.717, 1.165) is 39.0 Å². The summed E-state index contributed by atoms with van der Waals surface area (Å²) in [7, 11) is 3.51. The second-order valence-corrected chi connectivity index (χ2v) is 7.90. The van der Waals surface area contributed by atoms with Crippen LogP contribution in [0.1, 0.15) is 32.9 Å². The lowest BCUT2D eigenvalue weighted by Crippen LogP contribution is -2.27. The second-order valence-electron chi connectivity index (χ2n) is 7.90. The van der Waals surface area contributed by atoms with E-state index in [1.807, 2.05) is 62.0 Å². The molecule has 0 N–H and O–H groups in total. The van der Waals surface area contributed by atoms with Crippen LogP contribution in [0.5, 0.6) is 5.75 Å². The molecule has 1 amide bonds. The molecule has 31 heavy (non-hydrogen) atoms. The van der Waals surface area contributed by atoms with Crippen LogP contribution in [0.15, 0.2) is 66.7 Å². The quantitative estimate of drug-likeness (QED) is 0.448. The molecule has 0 fully saturated rings. The highest BCUT2D eigenvalue weighted by molar-refractivity contribution is 5.96. The number of carbonyl (C=O) groups is 1. The minimum absolute atomic E-state index is 0.0101. The van der Waals surface area contributed by atoms with Crippen LogP contribution in [0.3, 0.4) is 0 Å². The Morgan fingerprint density at radius 2 is 1.68 bits per heavy atom. The highest BCUT2D eigenvalue weighted by atomic mass is 16.5. The van der Waals surface area contributed by atoms with E-state index >= 15 is 0 Å². The van der Waals surface area contributed by atoms with Gasteiger partial charge in [-0.1, -0.05) is 48.5 Å². The van der Waals surface area contributed by atoms with Crippen molar-refractivity contribution < 1.29 is 9.53 Å². The standard InChI is InChI=1S/C26H27N3O2/c1-18-25(19(2)29(27-18)17-20-8-6-5-7-9-20)26(30)28(3)16-21-10-11-23-15-24(31-4)13-12-22(23)14-21/h5-15H,16-17H2,1-4H3. The first kappa shape index (κ1) is 20.7. The third-order valence-corrected chi connectivity index (χ3v) is 5.65. The first-order chi connectivity index (χ1) is 15.0. The van der Waals surface area contributed by atoms with Crippen molar-refractivity contribution in [3.8, 4) is 5.75 Å². The molecule has 3 aromatic carbocycles. The lowest BCUT2D eigenvalue weighted by molar-refractivity contribution is 0.0783. The van der Waals surface area contributed by atoms with E-state index in [1.165, 1.54) is 0 Å². The van der Waals surface area contributed by atoms with Gasteiger partial charge >= 0.3 is 0 Å². The molecule has 0 aliphatic heterocycles. The van der Waals surface area contributed by atoms with E-state index in [4.69, 9.17) is 4.74 Å². The number of nitrogens with zero attached hydrogens (tertiary/aromatic N) is 3. The normalized spacial score (nSPS) is 11.0. The van der Waals surface area contributed by atoms with Crippen molar-refractivity contribution in [3.05, 3.63) is 94.8 Å². The van der Waals surface area contributed by atoms with Crippen molar-refractivity contribution in [2.45, 2.75) is 26.9 Å². The summed E-state index contributed by atoms with van der Waals surface area (Å²) in [5.41, 5.74) is 4.58. The molecule has 158 valence electrons. The lowest BCUT2D eigenvalue weighted by atomic mass is 10.1. The van der Waals surface area contributed by atoms with Crippen molar-refractivity contribution >= 4 is 16.7 Å². The van der Waals surface area contributed by atoms with Gasteiger partial charge in [0, 0.05) is 19.3 Å². The van der Waals surface area contributed by atoms with Crippen LogP contribution >= 0.6 is 0 Å². The SMILES string of the molecule is COc1ccc2cc(CN(C)C(=O)c3c(C)nn(Cc4ccccc4)c3C)ccc2c1.